The summed E-state index contributed by atoms with van der Waals surface area (Å²) < 4.78 is 13.2. The van der Waals surface area contributed by atoms with Gasteiger partial charge in [-0.2, -0.15) is 0 Å². The van der Waals surface area contributed by atoms with E-state index in [2.05, 4.69) is 22.2 Å². The van der Waals surface area contributed by atoms with Crippen molar-refractivity contribution in [1.82, 2.24) is 10.2 Å². The van der Waals surface area contributed by atoms with Crippen LogP contribution in [0.15, 0.2) is 18.2 Å². The quantitative estimate of drug-likeness (QED) is 0.922. The van der Waals surface area contributed by atoms with Gasteiger partial charge in [-0.3, -0.25) is 0 Å². The second-order valence-electron chi connectivity index (χ2n) is 6.61. The van der Waals surface area contributed by atoms with E-state index in [0.29, 0.717) is 12.1 Å². The van der Waals surface area contributed by atoms with Crippen LogP contribution >= 0.6 is 0 Å². The van der Waals surface area contributed by atoms with E-state index in [1.165, 1.54) is 38.0 Å². The van der Waals surface area contributed by atoms with E-state index in [9.17, 15) is 4.39 Å². The van der Waals surface area contributed by atoms with Gasteiger partial charge >= 0.3 is 0 Å². The molecule has 21 heavy (non-hydrogen) atoms. The first-order chi connectivity index (χ1) is 10.1. The number of nitrogens with zero attached hydrogens (tertiary/aromatic N) is 2. The number of hydrogen-bond donors (Lipinski definition) is 1. The molecule has 116 valence electrons. The third-order valence-corrected chi connectivity index (χ3v) is 4.86. The molecule has 3 rings (SSSR count). The van der Waals surface area contributed by atoms with E-state index in [-0.39, 0.29) is 5.82 Å². The van der Waals surface area contributed by atoms with Crippen LogP contribution in [0.5, 0.6) is 0 Å². The number of aryl methyl sites for hydroxylation is 1. The number of hydrogen-bond acceptors (Lipinski definition) is 3. The summed E-state index contributed by atoms with van der Waals surface area (Å²) in [7, 11) is 2.20. The van der Waals surface area contributed by atoms with Crippen molar-refractivity contribution in [3.8, 4) is 0 Å². The van der Waals surface area contributed by atoms with E-state index in [1.54, 1.807) is 12.1 Å². The second kappa shape index (κ2) is 6.32. The van der Waals surface area contributed by atoms with Crippen molar-refractivity contribution in [3.63, 3.8) is 0 Å². The molecule has 2 aliphatic rings. The maximum atomic E-state index is 13.2. The van der Waals surface area contributed by atoms with Crippen LogP contribution in [0.3, 0.4) is 0 Å². The summed E-state index contributed by atoms with van der Waals surface area (Å²) in [4.78, 5) is 4.79. The third kappa shape index (κ3) is 3.55. The minimum Gasteiger partial charge on any atom is -0.371 e. The maximum Gasteiger partial charge on any atom is 0.123 e. The van der Waals surface area contributed by atoms with Crippen LogP contribution in [-0.2, 0) is 0 Å². The van der Waals surface area contributed by atoms with Crippen molar-refractivity contribution in [2.75, 3.05) is 38.1 Å². The van der Waals surface area contributed by atoms with Gasteiger partial charge in [-0.1, -0.05) is 0 Å². The van der Waals surface area contributed by atoms with Gasteiger partial charge in [0, 0.05) is 37.4 Å². The van der Waals surface area contributed by atoms with Gasteiger partial charge in [0.25, 0.3) is 0 Å². The smallest absolute Gasteiger partial charge is 0.123 e. The number of benzene rings is 1. The lowest BCUT2D eigenvalue weighted by Crippen LogP contribution is -2.47. The molecule has 1 unspecified atom stereocenters. The Morgan fingerprint density at radius 2 is 1.81 bits per heavy atom. The number of nitrogens with one attached hydrogen (secondary N) is 1. The lowest BCUT2D eigenvalue weighted by atomic mass is 10.0. The van der Waals surface area contributed by atoms with Gasteiger partial charge < -0.3 is 15.1 Å². The van der Waals surface area contributed by atoms with E-state index < -0.39 is 0 Å². The molecule has 2 aliphatic heterocycles. The van der Waals surface area contributed by atoms with E-state index >= 15 is 0 Å². The van der Waals surface area contributed by atoms with Gasteiger partial charge in [0.05, 0.1) is 0 Å². The largest absolute Gasteiger partial charge is 0.371 e. The Balaban J connectivity index is 1.53. The fraction of sp³-hybridized carbons (Fsp3) is 0.647. The van der Waals surface area contributed by atoms with Crippen LogP contribution in [-0.4, -0.2) is 50.2 Å². The van der Waals surface area contributed by atoms with Crippen LogP contribution in [0.2, 0.25) is 0 Å². The summed E-state index contributed by atoms with van der Waals surface area (Å²) in [6.45, 7) is 6.51. The van der Waals surface area contributed by atoms with Crippen molar-refractivity contribution in [2.24, 2.45) is 0 Å². The Labute approximate surface area is 127 Å². The molecule has 3 nitrogen and oxygen atoms in total. The van der Waals surface area contributed by atoms with Gasteiger partial charge in [-0.05, 0) is 63.5 Å². The van der Waals surface area contributed by atoms with Crippen molar-refractivity contribution >= 4 is 5.69 Å². The Morgan fingerprint density at radius 1 is 1.10 bits per heavy atom. The SMILES string of the molecule is Cc1cc(F)ccc1N1CCC(NC2CCN(C)C2)CC1. The molecular formula is C17H26FN3. The van der Waals surface area contributed by atoms with Crippen molar-refractivity contribution in [3.05, 3.63) is 29.6 Å². The van der Waals surface area contributed by atoms with Crippen LogP contribution in [0.1, 0.15) is 24.8 Å². The first-order valence-electron chi connectivity index (χ1n) is 8.07. The molecule has 2 fully saturated rings. The summed E-state index contributed by atoms with van der Waals surface area (Å²) >= 11 is 0. The maximum absolute atomic E-state index is 13.2. The van der Waals surface area contributed by atoms with Gasteiger partial charge in [0.1, 0.15) is 5.82 Å². The van der Waals surface area contributed by atoms with Crippen LogP contribution in [0.25, 0.3) is 0 Å². The molecule has 0 aliphatic carbocycles. The van der Waals surface area contributed by atoms with Gasteiger partial charge in [-0.25, -0.2) is 4.39 Å². The molecule has 4 heteroatoms. The molecule has 2 heterocycles. The first kappa shape index (κ1) is 14.8. The molecular weight excluding hydrogens is 265 g/mol. The number of likely N-dealkylation sites (tertiary alicyclic amines) is 1. The van der Waals surface area contributed by atoms with E-state index in [4.69, 9.17) is 0 Å². The van der Waals surface area contributed by atoms with Crippen molar-refractivity contribution in [1.29, 1.82) is 0 Å². The Hall–Kier alpha value is -1.13. The lowest BCUT2D eigenvalue weighted by Gasteiger charge is -2.36. The first-order valence-corrected chi connectivity index (χ1v) is 8.07. The number of likely N-dealkylation sites (N-methyl/N-ethyl adjacent to an activating group) is 1. The van der Waals surface area contributed by atoms with Crippen molar-refractivity contribution < 1.29 is 4.39 Å². The Bertz CT molecular complexity index is 483. The molecule has 1 aromatic carbocycles. The normalized spacial score (nSPS) is 24.7. The van der Waals surface area contributed by atoms with Crippen LogP contribution < -0.4 is 10.2 Å². The summed E-state index contributed by atoms with van der Waals surface area (Å²) in [6.07, 6.45) is 3.63. The monoisotopic (exact) mass is 291 g/mol. The summed E-state index contributed by atoms with van der Waals surface area (Å²) in [5.74, 6) is -0.141. The third-order valence-electron chi connectivity index (χ3n) is 4.86. The van der Waals surface area contributed by atoms with E-state index in [1.807, 2.05) is 13.0 Å². The second-order valence-corrected chi connectivity index (χ2v) is 6.61. The van der Waals surface area contributed by atoms with Gasteiger partial charge in [0.15, 0.2) is 0 Å². The highest BCUT2D eigenvalue weighted by atomic mass is 19.1. The van der Waals surface area contributed by atoms with Crippen LogP contribution in [0, 0.1) is 12.7 Å². The molecule has 1 atom stereocenters. The average molecular weight is 291 g/mol. The highest BCUT2D eigenvalue weighted by Gasteiger charge is 2.25. The van der Waals surface area contributed by atoms with E-state index in [0.717, 1.165) is 18.7 Å². The zero-order chi connectivity index (χ0) is 14.8. The van der Waals surface area contributed by atoms with Gasteiger partial charge in [-0.15, -0.1) is 0 Å². The fourth-order valence-electron chi connectivity index (χ4n) is 3.67. The lowest BCUT2D eigenvalue weighted by molar-refractivity contribution is 0.350. The summed E-state index contributed by atoms with van der Waals surface area (Å²) in [5, 5.41) is 3.82. The average Bonchev–Trinajstić information content (AvgIpc) is 2.85. The molecule has 0 aromatic heterocycles. The number of rotatable bonds is 3. The Morgan fingerprint density at radius 3 is 2.43 bits per heavy atom. The molecule has 2 saturated heterocycles. The predicted molar refractivity (Wildman–Crippen MR) is 85.4 cm³/mol. The zero-order valence-electron chi connectivity index (χ0n) is 13.1. The zero-order valence-corrected chi connectivity index (χ0v) is 13.1. The standard InChI is InChI=1S/C17H26FN3/c1-13-11-14(18)3-4-17(13)21-9-6-15(7-10-21)19-16-5-8-20(2)12-16/h3-4,11,15-16,19H,5-10,12H2,1-2H3. The molecule has 1 N–H and O–H groups in total. The number of anilines is 1. The van der Waals surface area contributed by atoms with Gasteiger partial charge in [0.2, 0.25) is 0 Å². The number of piperidine rings is 1. The predicted octanol–water partition coefficient (Wildman–Crippen LogP) is 2.40. The highest BCUT2D eigenvalue weighted by molar-refractivity contribution is 5.53. The molecule has 0 bridgehead atoms. The minimum atomic E-state index is -0.141. The topological polar surface area (TPSA) is 18.5 Å². The summed E-state index contributed by atoms with van der Waals surface area (Å²) in [5.41, 5.74) is 2.23. The van der Waals surface area contributed by atoms with Crippen LogP contribution in [0.4, 0.5) is 10.1 Å². The number of halogens is 1. The fourth-order valence-corrected chi connectivity index (χ4v) is 3.67. The summed E-state index contributed by atoms with van der Waals surface area (Å²) in [6, 6.07) is 6.43. The Kier molecular flexibility index (Phi) is 4.45. The molecule has 0 saturated carbocycles. The highest BCUT2D eigenvalue weighted by Crippen LogP contribution is 2.25. The van der Waals surface area contributed by atoms with Crippen molar-refractivity contribution in [2.45, 2.75) is 38.3 Å². The molecule has 0 radical (unpaired) electrons. The molecule has 0 spiro atoms. The molecule has 1 aromatic rings. The minimum absolute atomic E-state index is 0.141. The molecule has 0 amide bonds.